The smallest absolute Gasteiger partial charge is 0.425 e. The van der Waals surface area contributed by atoms with Crippen molar-refractivity contribution in [3.8, 4) is 0 Å². The third kappa shape index (κ3) is 6.00. The lowest BCUT2D eigenvalue weighted by atomic mass is 9.86. The predicted molar refractivity (Wildman–Crippen MR) is 85.9 cm³/mol. The molecule has 0 aliphatic rings. The highest BCUT2D eigenvalue weighted by Crippen LogP contribution is 2.65. The number of rotatable bonds is 12. The van der Waals surface area contributed by atoms with Crippen molar-refractivity contribution in [1.82, 2.24) is 0 Å². The molecule has 2 nitrogen and oxygen atoms in total. The molecule has 0 amide bonds. The molecular formula is C17H9F23O2. The zero-order valence-electron chi connectivity index (χ0n) is 19.1. The minimum Gasteiger partial charge on any atom is -0.449 e. The third-order valence-electron chi connectivity index (χ3n) is 4.86. The molecule has 0 saturated heterocycles. The van der Waals surface area contributed by atoms with E-state index in [1.54, 1.807) is 0 Å². The van der Waals surface area contributed by atoms with Gasteiger partial charge in [-0.15, -0.1) is 0 Å². The van der Waals surface area contributed by atoms with Crippen LogP contribution in [0.1, 0.15) is 13.3 Å². The van der Waals surface area contributed by atoms with Crippen LogP contribution in [-0.4, -0.2) is 78.0 Å². The Morgan fingerprint density at radius 2 is 0.881 bits per heavy atom. The lowest BCUT2D eigenvalue weighted by molar-refractivity contribution is -0.459. The van der Waals surface area contributed by atoms with Gasteiger partial charge in [-0.3, -0.25) is 0 Å². The van der Waals surface area contributed by atoms with Crippen LogP contribution in [0.3, 0.4) is 0 Å². The van der Waals surface area contributed by atoms with Gasteiger partial charge in [0.1, 0.15) is 0 Å². The number of ether oxygens (including phenoxy) is 1. The monoisotopic (exact) mass is 682 g/mol. The van der Waals surface area contributed by atoms with Crippen molar-refractivity contribution in [2.45, 2.75) is 85.4 Å². The maximum atomic E-state index is 13.9. The SMILES string of the molecule is C=C(C)C(=O)OC(CC(F)(F)C(F)(F)C(F)(F)C(F)(F)C(F)(F)C(F)(F)C(F)(F)C(F)(F)C(F)C(F)(F)F)C(F)(F)F. The van der Waals surface area contributed by atoms with Crippen LogP contribution in [0, 0.1) is 0 Å². The molecule has 0 aromatic carbocycles. The van der Waals surface area contributed by atoms with Crippen molar-refractivity contribution in [3.63, 3.8) is 0 Å². The van der Waals surface area contributed by atoms with Gasteiger partial charge < -0.3 is 4.74 Å². The van der Waals surface area contributed by atoms with E-state index in [1.807, 2.05) is 0 Å². The number of carbonyl (C=O) groups excluding carboxylic acids is 1. The summed E-state index contributed by atoms with van der Waals surface area (Å²) in [4.78, 5) is 11.1. The van der Waals surface area contributed by atoms with Gasteiger partial charge in [-0.2, -0.15) is 96.6 Å². The average molecular weight is 682 g/mol. The summed E-state index contributed by atoms with van der Waals surface area (Å²) in [5, 5.41) is 0. The fraction of sp³-hybridized carbons (Fsp3) is 0.824. The van der Waals surface area contributed by atoms with E-state index >= 15 is 0 Å². The Kier molecular flexibility index (Phi) is 10.0. The number of hydrogen-bond donors (Lipinski definition) is 0. The molecule has 250 valence electrons. The highest BCUT2D eigenvalue weighted by Gasteiger charge is 2.95. The lowest BCUT2D eigenvalue weighted by Crippen LogP contribution is -2.75. The molecule has 0 fully saturated rings. The van der Waals surface area contributed by atoms with E-state index in [-0.39, 0.29) is 0 Å². The number of hydrogen-bond acceptors (Lipinski definition) is 2. The first kappa shape index (κ1) is 39.6. The molecule has 2 unspecified atom stereocenters. The average Bonchev–Trinajstić information content (AvgIpc) is 2.75. The van der Waals surface area contributed by atoms with Crippen LogP contribution in [0.25, 0.3) is 0 Å². The predicted octanol–water partition coefficient (Wildman–Crippen LogP) is 8.41. The van der Waals surface area contributed by atoms with E-state index < -0.39 is 90.0 Å². The summed E-state index contributed by atoms with van der Waals surface area (Å²) in [6, 6.07) is 0. The highest BCUT2D eigenvalue weighted by atomic mass is 19.4. The van der Waals surface area contributed by atoms with Crippen LogP contribution in [0.4, 0.5) is 101 Å². The van der Waals surface area contributed by atoms with Gasteiger partial charge in [0.25, 0.3) is 6.17 Å². The van der Waals surface area contributed by atoms with Crippen LogP contribution < -0.4 is 0 Å². The molecule has 0 rings (SSSR count). The van der Waals surface area contributed by atoms with E-state index in [0.717, 1.165) is 0 Å². The largest absolute Gasteiger partial charge is 0.449 e. The van der Waals surface area contributed by atoms with E-state index in [2.05, 4.69) is 11.3 Å². The molecule has 0 heterocycles. The first-order chi connectivity index (χ1) is 17.8. The van der Waals surface area contributed by atoms with Gasteiger partial charge in [0.2, 0.25) is 6.10 Å². The van der Waals surface area contributed by atoms with E-state index in [4.69, 9.17) is 0 Å². The molecule has 0 saturated carbocycles. The Bertz CT molecular complexity index is 1000. The second kappa shape index (κ2) is 10.6. The van der Waals surface area contributed by atoms with Crippen molar-refractivity contribution in [2.24, 2.45) is 0 Å². The van der Waals surface area contributed by atoms with Crippen molar-refractivity contribution >= 4 is 5.97 Å². The summed E-state index contributed by atoms with van der Waals surface area (Å²) in [6.07, 6.45) is -29.4. The molecule has 0 aromatic rings. The molecule has 0 aromatic heterocycles. The van der Waals surface area contributed by atoms with Gasteiger partial charge >= 0.3 is 65.7 Å². The molecule has 0 aliphatic heterocycles. The lowest BCUT2D eigenvalue weighted by Gasteiger charge is -2.44. The standard InChI is InChI=1S/C17H9F23O2/c1-4(2)6(41)42-5(10(23,24)25)3-8(19,20)12(29,30)14(33,34)16(37,38)17(39,40)15(35,36)13(31,32)9(21,22)7(18)11(26,27)28/h5,7H,1,3H2,2H3. The molecular weight excluding hydrogens is 673 g/mol. The molecule has 0 bridgehead atoms. The zero-order valence-corrected chi connectivity index (χ0v) is 19.1. The highest BCUT2D eigenvalue weighted by molar-refractivity contribution is 5.87. The zero-order chi connectivity index (χ0) is 34.7. The molecule has 0 N–H and O–H groups in total. The topological polar surface area (TPSA) is 26.3 Å². The molecule has 0 radical (unpaired) electrons. The molecule has 0 spiro atoms. The van der Waals surface area contributed by atoms with Gasteiger partial charge in [0, 0.05) is 5.57 Å². The number of alkyl halides is 23. The molecule has 2 atom stereocenters. The second-order valence-corrected chi connectivity index (χ2v) is 8.10. The summed E-state index contributed by atoms with van der Waals surface area (Å²) in [6.45, 7) is 3.02. The Labute approximate surface area is 215 Å². The first-order valence-electron chi connectivity index (χ1n) is 9.50. The van der Waals surface area contributed by atoms with E-state index in [1.165, 1.54) is 0 Å². The fourth-order valence-electron chi connectivity index (χ4n) is 2.41. The van der Waals surface area contributed by atoms with E-state index in [9.17, 15) is 106 Å². The van der Waals surface area contributed by atoms with Crippen LogP contribution in [-0.2, 0) is 9.53 Å². The summed E-state index contributed by atoms with van der Waals surface area (Å²) < 4.78 is 308. The van der Waals surface area contributed by atoms with E-state index in [0.29, 0.717) is 6.92 Å². The molecule has 42 heavy (non-hydrogen) atoms. The van der Waals surface area contributed by atoms with Crippen LogP contribution in [0.5, 0.6) is 0 Å². The minimum absolute atomic E-state index is 0.457. The Morgan fingerprint density at radius 1 is 0.571 bits per heavy atom. The quantitative estimate of drug-likeness (QED) is 0.118. The van der Waals surface area contributed by atoms with Gasteiger partial charge in [0.05, 0.1) is 6.42 Å². The van der Waals surface area contributed by atoms with Crippen molar-refractivity contribution in [3.05, 3.63) is 12.2 Å². The van der Waals surface area contributed by atoms with Crippen LogP contribution >= 0.6 is 0 Å². The normalized spacial score (nSPS) is 17.1. The maximum absolute atomic E-state index is 13.9. The van der Waals surface area contributed by atoms with Crippen LogP contribution in [0.2, 0.25) is 0 Å². The van der Waals surface area contributed by atoms with Crippen LogP contribution in [0.15, 0.2) is 12.2 Å². The minimum atomic E-state index is -9.25. The van der Waals surface area contributed by atoms with Gasteiger partial charge in [-0.25, -0.2) is 9.18 Å². The number of esters is 1. The summed E-state index contributed by atoms with van der Waals surface area (Å²) in [5.74, 6) is -72.2. The molecule has 25 heteroatoms. The van der Waals surface area contributed by atoms with Gasteiger partial charge in [0.15, 0.2) is 0 Å². The Balaban J connectivity index is 7.00. The molecule has 0 aliphatic carbocycles. The summed E-state index contributed by atoms with van der Waals surface area (Å²) in [5.41, 5.74) is -1.16. The second-order valence-electron chi connectivity index (χ2n) is 8.10. The Hall–Kier alpha value is -2.40. The van der Waals surface area contributed by atoms with Crippen molar-refractivity contribution < 1.29 is 111 Å². The van der Waals surface area contributed by atoms with Gasteiger partial charge in [-0.05, 0) is 6.92 Å². The fourth-order valence-corrected chi connectivity index (χ4v) is 2.41. The van der Waals surface area contributed by atoms with Crippen molar-refractivity contribution in [2.75, 3.05) is 0 Å². The number of carbonyl (C=O) groups is 1. The first-order valence-corrected chi connectivity index (χ1v) is 9.50. The third-order valence-corrected chi connectivity index (χ3v) is 4.86. The van der Waals surface area contributed by atoms with Gasteiger partial charge in [-0.1, -0.05) is 6.58 Å². The summed E-state index contributed by atoms with van der Waals surface area (Å²) in [7, 11) is 0. The maximum Gasteiger partial charge on any atom is 0.425 e. The van der Waals surface area contributed by atoms with Crippen molar-refractivity contribution in [1.29, 1.82) is 0 Å². The summed E-state index contributed by atoms with van der Waals surface area (Å²) >= 11 is 0. The number of halogens is 23. The Morgan fingerprint density at radius 3 is 1.17 bits per heavy atom.